The number of aromatic nitrogens is 1. The second-order valence-corrected chi connectivity index (χ2v) is 14.4. The van der Waals surface area contributed by atoms with Crippen molar-refractivity contribution in [3.8, 4) is 17.6 Å². The molecule has 48 heavy (non-hydrogen) atoms. The Morgan fingerprint density at radius 3 is 2.10 bits per heavy atom. The number of halogens is 3. The molecule has 1 saturated heterocycles. The van der Waals surface area contributed by atoms with Crippen LogP contribution >= 0.6 is 0 Å². The lowest BCUT2D eigenvalue weighted by atomic mass is 9.49. The van der Waals surface area contributed by atoms with Crippen molar-refractivity contribution in [3.63, 3.8) is 0 Å². The summed E-state index contributed by atoms with van der Waals surface area (Å²) >= 11 is 0. The van der Waals surface area contributed by atoms with E-state index in [2.05, 4.69) is 21.7 Å². The molecule has 4 bridgehead atoms. The van der Waals surface area contributed by atoms with Crippen LogP contribution in [-0.2, 0) is 6.18 Å². The quantitative estimate of drug-likeness (QED) is 0.320. The highest BCUT2D eigenvalue weighted by molar-refractivity contribution is 5.95. The smallest absolute Gasteiger partial charge is 0.416 e. The van der Waals surface area contributed by atoms with Gasteiger partial charge in [0.05, 0.1) is 11.8 Å². The first-order valence-corrected chi connectivity index (χ1v) is 16.7. The minimum atomic E-state index is -4.66. The van der Waals surface area contributed by atoms with Crippen molar-refractivity contribution >= 4 is 17.5 Å². The molecule has 2 heterocycles. The predicted molar refractivity (Wildman–Crippen MR) is 175 cm³/mol. The van der Waals surface area contributed by atoms with Gasteiger partial charge in [-0.2, -0.15) is 13.2 Å². The highest BCUT2D eigenvalue weighted by Crippen LogP contribution is 2.60. The summed E-state index contributed by atoms with van der Waals surface area (Å²) in [6.07, 6.45) is 5.86. The highest BCUT2D eigenvalue weighted by atomic mass is 19.4. The van der Waals surface area contributed by atoms with Crippen LogP contribution in [0.2, 0.25) is 0 Å². The van der Waals surface area contributed by atoms with Crippen molar-refractivity contribution in [2.24, 2.45) is 23.2 Å². The molecule has 0 radical (unpaired) electrons. The molecule has 1 N–H and O–H groups in total. The highest BCUT2D eigenvalue weighted by Gasteiger charge is 2.51. The molecule has 10 heteroatoms. The van der Waals surface area contributed by atoms with Crippen LogP contribution in [0.15, 0.2) is 60.9 Å². The van der Waals surface area contributed by atoms with Crippen LogP contribution in [0.3, 0.4) is 0 Å². The monoisotopic (exact) mass is 656 g/mol. The summed E-state index contributed by atoms with van der Waals surface area (Å²) in [5.74, 6) is 7.32. The number of nitrogens with zero attached hydrogens (tertiary/aromatic N) is 4. The number of anilines is 1. The van der Waals surface area contributed by atoms with E-state index in [0.29, 0.717) is 37.3 Å². The third-order valence-corrected chi connectivity index (χ3v) is 10.7. The normalized spacial score (nSPS) is 24.6. The topological polar surface area (TPSA) is 77.0 Å². The fourth-order valence-electron chi connectivity index (χ4n) is 9.07. The van der Waals surface area contributed by atoms with Gasteiger partial charge < -0.3 is 19.8 Å². The molecule has 4 aliphatic carbocycles. The third kappa shape index (κ3) is 6.73. The van der Waals surface area contributed by atoms with Crippen LogP contribution in [-0.4, -0.2) is 71.5 Å². The Bertz CT molecular complexity index is 1730. The van der Waals surface area contributed by atoms with Crippen molar-refractivity contribution < 1.29 is 27.9 Å². The SMILES string of the molecule is CN(CC12CC3CC(CC(C3)C1)C2)C(=O)c1ccc(N2CCN(C(=O)c3cc(C#Cc4cncc(O)c4)cc(C(F)(F)F)c3)CC2)cc1. The number of amides is 2. The Labute approximate surface area is 278 Å². The predicted octanol–water partition coefficient (Wildman–Crippen LogP) is 6.46. The van der Waals surface area contributed by atoms with Gasteiger partial charge in [0, 0.05) is 73.9 Å². The second kappa shape index (κ2) is 12.5. The zero-order valence-corrected chi connectivity index (χ0v) is 27.0. The summed E-state index contributed by atoms with van der Waals surface area (Å²) in [6.45, 7) is 2.49. The first kappa shape index (κ1) is 32.0. The number of aromatic hydroxyl groups is 1. The van der Waals surface area contributed by atoms with Gasteiger partial charge in [-0.1, -0.05) is 11.8 Å². The van der Waals surface area contributed by atoms with Gasteiger partial charge in [-0.05, 0) is 110 Å². The van der Waals surface area contributed by atoms with Crippen LogP contribution in [0.1, 0.15) is 75.9 Å². The Balaban J connectivity index is 0.980. The second-order valence-electron chi connectivity index (χ2n) is 14.4. The molecular formula is C38H39F3N4O3. The van der Waals surface area contributed by atoms with Crippen LogP contribution < -0.4 is 4.90 Å². The molecule has 1 aliphatic heterocycles. The molecular weight excluding hydrogens is 617 g/mol. The zero-order chi connectivity index (χ0) is 33.6. The van der Waals surface area contributed by atoms with Crippen LogP contribution in [0, 0.1) is 35.0 Å². The fraction of sp³-hybridized carbons (Fsp3) is 0.447. The molecule has 7 nitrogen and oxygen atoms in total. The van der Waals surface area contributed by atoms with Gasteiger partial charge in [0.25, 0.3) is 11.8 Å². The first-order valence-electron chi connectivity index (χ1n) is 16.7. The van der Waals surface area contributed by atoms with E-state index in [1.54, 1.807) is 4.90 Å². The largest absolute Gasteiger partial charge is 0.506 e. The van der Waals surface area contributed by atoms with Gasteiger partial charge in [0.15, 0.2) is 0 Å². The van der Waals surface area contributed by atoms with E-state index in [-0.39, 0.29) is 28.2 Å². The Kier molecular flexibility index (Phi) is 8.34. The number of carbonyl (C=O) groups excluding carboxylic acids is 2. The van der Waals surface area contributed by atoms with Crippen molar-refractivity contribution in [1.82, 2.24) is 14.8 Å². The minimum absolute atomic E-state index is 0.0355. The molecule has 5 aliphatic rings. The molecule has 8 rings (SSSR count). The van der Waals surface area contributed by atoms with Crippen molar-refractivity contribution in [1.29, 1.82) is 0 Å². The van der Waals surface area contributed by atoms with Gasteiger partial charge in [-0.3, -0.25) is 14.6 Å². The molecule has 3 aromatic rings. The summed E-state index contributed by atoms with van der Waals surface area (Å²) in [5, 5.41) is 9.60. The van der Waals surface area contributed by atoms with Gasteiger partial charge in [0.2, 0.25) is 0 Å². The number of benzene rings is 2. The summed E-state index contributed by atoms with van der Waals surface area (Å²) in [6, 6.07) is 12.1. The Hall–Kier alpha value is -4.52. The maximum Gasteiger partial charge on any atom is 0.416 e. The van der Waals surface area contributed by atoms with E-state index in [1.807, 2.05) is 36.2 Å². The number of carbonyl (C=O) groups is 2. The lowest BCUT2D eigenvalue weighted by molar-refractivity contribution is -0.137. The first-order chi connectivity index (χ1) is 22.9. The van der Waals surface area contributed by atoms with Gasteiger partial charge in [0.1, 0.15) is 5.75 Å². The maximum absolute atomic E-state index is 13.8. The maximum atomic E-state index is 13.8. The van der Waals surface area contributed by atoms with E-state index >= 15 is 0 Å². The number of piperazine rings is 1. The molecule has 1 aromatic heterocycles. The molecule has 0 spiro atoms. The van der Waals surface area contributed by atoms with Crippen molar-refractivity contribution in [3.05, 3.63) is 88.7 Å². The molecule has 4 saturated carbocycles. The molecule has 250 valence electrons. The summed E-state index contributed by atoms with van der Waals surface area (Å²) in [4.78, 5) is 36.2. The summed E-state index contributed by atoms with van der Waals surface area (Å²) < 4.78 is 41.3. The average Bonchev–Trinajstić information content (AvgIpc) is 3.05. The standard InChI is InChI=1S/C38H39F3N4O3/c1-43(24-37-19-27-12-28(20-37)14-29(13-27)21-37)35(47)30-4-6-33(7-5-30)44-8-10-45(11-9-44)36(48)31-15-25(16-32(18-31)38(39,40)41)2-3-26-17-34(46)23-42-22-26/h4-7,15-18,22-23,27-29,46H,8-14,19-21,24H2,1H3. The molecule has 0 unspecified atom stereocenters. The van der Waals surface area contributed by atoms with Crippen molar-refractivity contribution in [2.45, 2.75) is 44.7 Å². The van der Waals surface area contributed by atoms with Gasteiger partial charge in [-0.15, -0.1) is 0 Å². The number of pyridine rings is 1. The van der Waals surface area contributed by atoms with E-state index in [4.69, 9.17) is 0 Å². The number of alkyl halides is 3. The van der Waals surface area contributed by atoms with E-state index in [0.717, 1.165) is 42.1 Å². The number of hydrogen-bond acceptors (Lipinski definition) is 5. The van der Waals surface area contributed by atoms with Gasteiger partial charge in [-0.25, -0.2) is 0 Å². The fourth-order valence-corrected chi connectivity index (χ4v) is 9.07. The Morgan fingerprint density at radius 2 is 1.50 bits per heavy atom. The number of hydrogen-bond donors (Lipinski definition) is 1. The van der Waals surface area contributed by atoms with E-state index in [9.17, 15) is 27.9 Å². The summed E-state index contributed by atoms with van der Waals surface area (Å²) in [7, 11) is 1.93. The van der Waals surface area contributed by atoms with E-state index < -0.39 is 17.6 Å². The van der Waals surface area contributed by atoms with Gasteiger partial charge >= 0.3 is 6.18 Å². The molecule has 0 atom stereocenters. The van der Waals surface area contributed by atoms with Crippen LogP contribution in [0.25, 0.3) is 0 Å². The molecule has 5 fully saturated rings. The van der Waals surface area contributed by atoms with E-state index in [1.165, 1.54) is 63.1 Å². The summed E-state index contributed by atoms with van der Waals surface area (Å²) in [5.41, 5.74) is 1.20. The number of rotatable bonds is 5. The lowest BCUT2D eigenvalue weighted by Gasteiger charge is -2.57. The van der Waals surface area contributed by atoms with Crippen LogP contribution in [0.4, 0.5) is 18.9 Å². The molecule has 2 amide bonds. The van der Waals surface area contributed by atoms with Crippen molar-refractivity contribution in [2.75, 3.05) is 44.7 Å². The average molecular weight is 657 g/mol. The molecule has 2 aromatic carbocycles. The minimum Gasteiger partial charge on any atom is -0.506 e. The zero-order valence-electron chi connectivity index (χ0n) is 27.0. The Morgan fingerprint density at radius 1 is 0.875 bits per heavy atom. The lowest BCUT2D eigenvalue weighted by Crippen LogP contribution is -2.51. The third-order valence-electron chi connectivity index (χ3n) is 10.7. The van der Waals surface area contributed by atoms with Crippen LogP contribution in [0.5, 0.6) is 5.75 Å².